The maximum atomic E-state index is 13.2. The Balaban J connectivity index is 1.67. The van der Waals surface area contributed by atoms with Gasteiger partial charge in [-0.15, -0.1) is 0 Å². The van der Waals surface area contributed by atoms with Crippen LogP contribution in [0.2, 0.25) is 0 Å². The summed E-state index contributed by atoms with van der Waals surface area (Å²) in [6.45, 7) is 3.68. The average molecular weight is 446 g/mol. The number of halogens is 3. The van der Waals surface area contributed by atoms with E-state index < -0.39 is 32.7 Å². The number of piperazine rings is 1. The highest BCUT2D eigenvalue weighted by Crippen LogP contribution is 2.35. The molecule has 12 heteroatoms. The molecule has 1 aromatic carbocycles. The van der Waals surface area contributed by atoms with Gasteiger partial charge in [-0.2, -0.15) is 17.5 Å². The van der Waals surface area contributed by atoms with Gasteiger partial charge in [-0.1, -0.05) is 17.3 Å². The molecule has 1 aliphatic rings. The minimum atomic E-state index is -4.78. The van der Waals surface area contributed by atoms with E-state index in [0.717, 1.165) is 22.5 Å². The van der Waals surface area contributed by atoms with Crippen LogP contribution in [0.1, 0.15) is 18.2 Å². The molecule has 1 aliphatic heterocycles. The number of benzene rings is 1. The molecule has 3 rings (SSSR count). The molecule has 8 nitrogen and oxygen atoms in total. The van der Waals surface area contributed by atoms with Crippen LogP contribution in [-0.4, -0.2) is 60.9 Å². The summed E-state index contributed by atoms with van der Waals surface area (Å²) in [6.07, 6.45) is -4.78. The number of carbonyl (C=O) groups is 1. The third kappa shape index (κ3) is 4.65. The van der Waals surface area contributed by atoms with Crippen LogP contribution in [0, 0.1) is 6.92 Å². The zero-order chi connectivity index (χ0) is 22.1. The molecular weight excluding hydrogens is 425 g/mol. The van der Waals surface area contributed by atoms with Gasteiger partial charge in [0, 0.05) is 32.2 Å². The lowest BCUT2D eigenvalue weighted by molar-refractivity contribution is -0.140. The molecular formula is C18H21F3N4O4S. The number of anilines is 1. The average Bonchev–Trinajstić information content (AvgIpc) is 3.11. The molecule has 2 heterocycles. The Kier molecular flexibility index (Phi) is 6.20. The summed E-state index contributed by atoms with van der Waals surface area (Å²) in [7, 11) is -4.33. The Hall–Kier alpha value is -2.44. The van der Waals surface area contributed by atoms with Gasteiger partial charge in [-0.05, 0) is 26.0 Å². The Morgan fingerprint density at radius 2 is 1.83 bits per heavy atom. The van der Waals surface area contributed by atoms with Crippen molar-refractivity contribution < 1.29 is 30.9 Å². The van der Waals surface area contributed by atoms with Crippen LogP contribution in [0.5, 0.6) is 0 Å². The van der Waals surface area contributed by atoms with Crippen molar-refractivity contribution in [2.45, 2.75) is 31.0 Å². The van der Waals surface area contributed by atoms with Crippen molar-refractivity contribution in [3.8, 4) is 0 Å². The molecule has 1 amide bonds. The normalized spacial score (nSPS) is 17.6. The van der Waals surface area contributed by atoms with Crippen molar-refractivity contribution >= 4 is 21.8 Å². The Morgan fingerprint density at radius 3 is 2.40 bits per heavy atom. The molecule has 1 aromatic heterocycles. The second kappa shape index (κ2) is 8.36. The molecule has 1 saturated heterocycles. The predicted molar refractivity (Wildman–Crippen MR) is 101 cm³/mol. The standard InChI is InChI=1S/C18H21F3N4O4S/c1-12-11-16(29-23-12)22-17(26)13(2)24-7-9-25(10-8-24)30(27,28)15-6-4-3-5-14(15)18(19,20)21/h3-6,11,13H,7-10H2,1-2H3,(H,22,26)/t13-/m1/s1. The lowest BCUT2D eigenvalue weighted by Gasteiger charge is -2.36. The van der Waals surface area contributed by atoms with E-state index in [0.29, 0.717) is 5.69 Å². The number of carbonyl (C=O) groups excluding carboxylic acids is 1. The number of sulfonamides is 1. The van der Waals surface area contributed by atoms with Crippen LogP contribution in [-0.2, 0) is 21.0 Å². The summed E-state index contributed by atoms with van der Waals surface area (Å²) in [4.78, 5) is 13.4. The molecule has 164 valence electrons. The quantitative estimate of drug-likeness (QED) is 0.758. The first kappa shape index (κ1) is 22.2. The number of hydrogen-bond acceptors (Lipinski definition) is 6. The van der Waals surface area contributed by atoms with Crippen LogP contribution in [0.15, 0.2) is 39.8 Å². The van der Waals surface area contributed by atoms with Gasteiger partial charge in [0.2, 0.25) is 21.8 Å². The van der Waals surface area contributed by atoms with Crippen molar-refractivity contribution in [2.24, 2.45) is 0 Å². The fourth-order valence-electron chi connectivity index (χ4n) is 3.21. The topological polar surface area (TPSA) is 95.8 Å². The molecule has 0 saturated carbocycles. The highest BCUT2D eigenvalue weighted by atomic mass is 32.2. The van der Waals surface area contributed by atoms with E-state index in [1.165, 1.54) is 6.07 Å². The number of rotatable bonds is 5. The van der Waals surface area contributed by atoms with Crippen molar-refractivity contribution in [1.29, 1.82) is 0 Å². The molecule has 0 unspecified atom stereocenters. The number of nitrogens with one attached hydrogen (secondary N) is 1. The maximum Gasteiger partial charge on any atom is 0.417 e. The van der Waals surface area contributed by atoms with Gasteiger partial charge in [0.05, 0.1) is 22.2 Å². The highest BCUT2D eigenvalue weighted by Gasteiger charge is 2.40. The van der Waals surface area contributed by atoms with Crippen LogP contribution in [0.3, 0.4) is 0 Å². The SMILES string of the molecule is Cc1cc(NC(=O)[C@@H](C)N2CCN(S(=O)(=O)c3ccccc3C(F)(F)F)CC2)on1. The minimum Gasteiger partial charge on any atom is -0.338 e. The molecule has 1 fully saturated rings. The number of amides is 1. The third-order valence-corrected chi connectivity index (χ3v) is 6.84. The number of hydrogen-bond donors (Lipinski definition) is 1. The Bertz CT molecular complexity index is 1010. The first-order valence-electron chi connectivity index (χ1n) is 9.15. The molecule has 0 radical (unpaired) electrons. The Labute approximate surface area is 171 Å². The number of aryl methyl sites for hydroxylation is 1. The number of nitrogens with zero attached hydrogens (tertiary/aromatic N) is 3. The second-order valence-electron chi connectivity index (χ2n) is 6.93. The van der Waals surface area contributed by atoms with Crippen molar-refractivity contribution in [3.63, 3.8) is 0 Å². The second-order valence-corrected chi connectivity index (χ2v) is 8.84. The summed E-state index contributed by atoms with van der Waals surface area (Å²) in [6, 6.07) is 5.09. The van der Waals surface area contributed by atoms with E-state index in [2.05, 4.69) is 10.5 Å². The molecule has 1 N–H and O–H groups in total. The van der Waals surface area contributed by atoms with Gasteiger partial charge in [0.1, 0.15) is 0 Å². The van der Waals surface area contributed by atoms with E-state index in [1.54, 1.807) is 24.8 Å². The lowest BCUT2D eigenvalue weighted by Crippen LogP contribution is -2.54. The van der Waals surface area contributed by atoms with E-state index in [4.69, 9.17) is 4.52 Å². The molecule has 0 spiro atoms. The number of alkyl halides is 3. The van der Waals surface area contributed by atoms with E-state index in [-0.39, 0.29) is 38.0 Å². The summed E-state index contributed by atoms with van der Waals surface area (Å²) < 4.78 is 71.3. The molecule has 0 bridgehead atoms. The van der Waals surface area contributed by atoms with Crippen LogP contribution in [0.25, 0.3) is 0 Å². The van der Waals surface area contributed by atoms with Crippen molar-refractivity contribution in [1.82, 2.24) is 14.4 Å². The molecule has 1 atom stereocenters. The lowest BCUT2D eigenvalue weighted by atomic mass is 10.2. The monoisotopic (exact) mass is 446 g/mol. The van der Waals surface area contributed by atoms with E-state index >= 15 is 0 Å². The maximum absolute atomic E-state index is 13.2. The summed E-state index contributed by atoms with van der Waals surface area (Å²) >= 11 is 0. The van der Waals surface area contributed by atoms with Crippen molar-refractivity contribution in [2.75, 3.05) is 31.5 Å². The first-order chi connectivity index (χ1) is 14.0. The molecule has 0 aliphatic carbocycles. The summed E-state index contributed by atoms with van der Waals surface area (Å²) in [5.41, 5.74) is -0.585. The largest absolute Gasteiger partial charge is 0.417 e. The zero-order valence-corrected chi connectivity index (χ0v) is 17.1. The van der Waals surface area contributed by atoms with E-state index in [1.807, 2.05) is 0 Å². The number of aromatic nitrogens is 1. The summed E-state index contributed by atoms with van der Waals surface area (Å²) in [5.74, 6) is -0.154. The zero-order valence-electron chi connectivity index (χ0n) is 16.3. The smallest absolute Gasteiger partial charge is 0.338 e. The van der Waals surface area contributed by atoms with Gasteiger partial charge in [-0.3, -0.25) is 15.0 Å². The molecule has 30 heavy (non-hydrogen) atoms. The van der Waals surface area contributed by atoms with Gasteiger partial charge in [0.15, 0.2) is 0 Å². The fraction of sp³-hybridized carbons (Fsp3) is 0.444. The van der Waals surface area contributed by atoms with Gasteiger partial charge < -0.3 is 4.52 Å². The van der Waals surface area contributed by atoms with Gasteiger partial charge in [-0.25, -0.2) is 8.42 Å². The van der Waals surface area contributed by atoms with E-state index in [9.17, 15) is 26.4 Å². The van der Waals surface area contributed by atoms with Gasteiger partial charge >= 0.3 is 6.18 Å². The van der Waals surface area contributed by atoms with Gasteiger partial charge in [0.25, 0.3) is 0 Å². The predicted octanol–water partition coefficient (Wildman–Crippen LogP) is 2.34. The first-order valence-corrected chi connectivity index (χ1v) is 10.6. The van der Waals surface area contributed by atoms with Crippen LogP contribution in [0.4, 0.5) is 19.1 Å². The molecule has 2 aromatic rings. The summed E-state index contributed by atoms with van der Waals surface area (Å²) in [5, 5.41) is 6.26. The minimum absolute atomic E-state index is 0.0342. The van der Waals surface area contributed by atoms with Crippen LogP contribution < -0.4 is 5.32 Å². The van der Waals surface area contributed by atoms with Crippen molar-refractivity contribution in [3.05, 3.63) is 41.6 Å². The highest BCUT2D eigenvalue weighted by molar-refractivity contribution is 7.89. The fourth-order valence-corrected chi connectivity index (χ4v) is 4.84. The third-order valence-electron chi connectivity index (χ3n) is 4.89. The Morgan fingerprint density at radius 1 is 1.20 bits per heavy atom. The van der Waals surface area contributed by atoms with Crippen LogP contribution >= 0.6 is 0 Å².